The molecule has 1 N–H and O–H groups in total. The largest absolute Gasteiger partial charge is 0.271 e. The molecule has 0 fully saturated rings. The first-order valence-electron chi connectivity index (χ1n) is 8.01. The average Bonchev–Trinajstić information content (AvgIpc) is 2.91. The Bertz CT molecular complexity index is 999. The van der Waals surface area contributed by atoms with E-state index in [-0.39, 0.29) is 0 Å². The van der Waals surface area contributed by atoms with Crippen LogP contribution in [0.3, 0.4) is 0 Å². The number of nitrogens with one attached hydrogen (secondary N) is 1. The Balaban J connectivity index is 1.72. The van der Waals surface area contributed by atoms with E-state index in [2.05, 4.69) is 15.6 Å². The van der Waals surface area contributed by atoms with Crippen molar-refractivity contribution in [2.75, 3.05) is 0 Å². The Morgan fingerprint density at radius 2 is 1.93 bits per heavy atom. The highest BCUT2D eigenvalue weighted by Gasteiger charge is 2.13. The second-order valence-corrected chi connectivity index (χ2v) is 6.51. The van der Waals surface area contributed by atoms with E-state index in [4.69, 9.17) is 23.2 Å². The van der Waals surface area contributed by atoms with Gasteiger partial charge in [0.2, 0.25) is 0 Å². The summed E-state index contributed by atoms with van der Waals surface area (Å²) in [6.45, 7) is 2.20. The van der Waals surface area contributed by atoms with Crippen LogP contribution in [0.2, 0.25) is 10.2 Å². The van der Waals surface area contributed by atoms with Crippen LogP contribution >= 0.6 is 23.2 Å². The fraction of sp³-hybridized carbons (Fsp3) is 0.105. The van der Waals surface area contributed by atoms with Crippen molar-refractivity contribution >= 4 is 35.3 Å². The highest BCUT2D eigenvalue weighted by molar-refractivity contribution is 6.32. The zero-order chi connectivity index (χ0) is 19.4. The van der Waals surface area contributed by atoms with Gasteiger partial charge in [0.25, 0.3) is 5.91 Å². The van der Waals surface area contributed by atoms with Gasteiger partial charge in [-0.15, -0.1) is 0 Å². The van der Waals surface area contributed by atoms with Crippen LogP contribution in [0, 0.1) is 12.7 Å². The third-order valence-corrected chi connectivity index (χ3v) is 4.62. The van der Waals surface area contributed by atoms with Crippen molar-refractivity contribution in [1.82, 2.24) is 15.2 Å². The van der Waals surface area contributed by atoms with Crippen LogP contribution in [0.5, 0.6) is 0 Å². The predicted octanol–water partition coefficient (Wildman–Crippen LogP) is 4.45. The summed E-state index contributed by atoms with van der Waals surface area (Å²) in [5.74, 6) is -0.869. The van der Waals surface area contributed by atoms with Crippen LogP contribution in [0.1, 0.15) is 27.2 Å². The summed E-state index contributed by atoms with van der Waals surface area (Å²) >= 11 is 12.6. The number of amides is 1. The number of halogens is 3. The smallest absolute Gasteiger partial charge is 0.267 e. The molecule has 0 bridgehead atoms. The zero-order valence-electron chi connectivity index (χ0n) is 14.3. The Labute approximate surface area is 165 Å². The van der Waals surface area contributed by atoms with Crippen molar-refractivity contribution in [3.05, 3.63) is 86.9 Å². The van der Waals surface area contributed by atoms with Gasteiger partial charge >= 0.3 is 0 Å². The lowest BCUT2D eigenvalue weighted by Crippen LogP contribution is -2.17. The van der Waals surface area contributed by atoms with Crippen LogP contribution in [-0.2, 0) is 6.54 Å². The molecule has 0 saturated carbocycles. The van der Waals surface area contributed by atoms with Crippen LogP contribution in [0.4, 0.5) is 4.39 Å². The number of carbonyl (C=O) groups is 1. The summed E-state index contributed by atoms with van der Waals surface area (Å²) in [6.07, 6.45) is 1.43. The monoisotopic (exact) mass is 404 g/mol. The van der Waals surface area contributed by atoms with Crippen LogP contribution in [0.15, 0.2) is 53.6 Å². The highest BCUT2D eigenvalue weighted by Crippen LogP contribution is 2.22. The molecule has 2 aromatic carbocycles. The van der Waals surface area contributed by atoms with Gasteiger partial charge in [-0.05, 0) is 42.8 Å². The number of aromatic nitrogens is 2. The van der Waals surface area contributed by atoms with E-state index in [1.54, 1.807) is 17.7 Å². The summed E-state index contributed by atoms with van der Waals surface area (Å²) in [7, 11) is 0. The Morgan fingerprint density at radius 3 is 2.63 bits per heavy atom. The number of carbonyl (C=O) groups excluding carboxylic acids is 1. The SMILES string of the molecule is Cc1nn(Cc2ccccc2Cl)c(Cl)c1/C=N\NC(=O)c1ccc(F)cc1. The third-order valence-electron chi connectivity index (χ3n) is 3.85. The molecule has 3 aromatic rings. The molecule has 3 rings (SSSR count). The molecule has 1 aromatic heterocycles. The van der Waals surface area contributed by atoms with E-state index < -0.39 is 11.7 Å². The number of benzene rings is 2. The maximum absolute atomic E-state index is 12.9. The molecule has 5 nitrogen and oxygen atoms in total. The molecule has 1 amide bonds. The number of aryl methyl sites for hydroxylation is 1. The number of rotatable bonds is 5. The lowest BCUT2D eigenvalue weighted by Gasteiger charge is -2.05. The number of hydrogen-bond acceptors (Lipinski definition) is 3. The van der Waals surface area contributed by atoms with Gasteiger partial charge in [-0.2, -0.15) is 10.2 Å². The van der Waals surface area contributed by atoms with Gasteiger partial charge < -0.3 is 0 Å². The van der Waals surface area contributed by atoms with Gasteiger partial charge in [0.05, 0.1) is 24.0 Å². The van der Waals surface area contributed by atoms with Crippen LogP contribution in [0.25, 0.3) is 0 Å². The minimum atomic E-state index is -0.455. The maximum Gasteiger partial charge on any atom is 0.271 e. The van der Waals surface area contributed by atoms with E-state index in [0.29, 0.717) is 33.5 Å². The maximum atomic E-state index is 12.9. The fourth-order valence-corrected chi connectivity index (χ4v) is 2.91. The molecule has 0 spiro atoms. The summed E-state index contributed by atoms with van der Waals surface area (Å²) in [5, 5.41) is 9.32. The summed E-state index contributed by atoms with van der Waals surface area (Å²) in [5.41, 5.74) is 4.81. The van der Waals surface area contributed by atoms with Crippen molar-refractivity contribution in [1.29, 1.82) is 0 Å². The lowest BCUT2D eigenvalue weighted by molar-refractivity contribution is 0.0955. The summed E-state index contributed by atoms with van der Waals surface area (Å²) in [6, 6.07) is 12.6. The van der Waals surface area contributed by atoms with Crippen molar-refractivity contribution < 1.29 is 9.18 Å². The van der Waals surface area contributed by atoms with Crippen molar-refractivity contribution in [2.45, 2.75) is 13.5 Å². The molecule has 0 aliphatic heterocycles. The molecule has 27 heavy (non-hydrogen) atoms. The van der Waals surface area contributed by atoms with E-state index >= 15 is 0 Å². The Morgan fingerprint density at radius 1 is 1.22 bits per heavy atom. The first-order valence-corrected chi connectivity index (χ1v) is 8.76. The Hall–Kier alpha value is -2.70. The van der Waals surface area contributed by atoms with Gasteiger partial charge in [0.1, 0.15) is 11.0 Å². The molecule has 0 aliphatic carbocycles. The first kappa shape index (κ1) is 19.1. The van der Waals surface area contributed by atoms with E-state index in [1.165, 1.54) is 30.5 Å². The van der Waals surface area contributed by atoms with Crippen LogP contribution in [-0.4, -0.2) is 21.9 Å². The molecule has 0 radical (unpaired) electrons. The normalized spacial score (nSPS) is 11.1. The predicted molar refractivity (Wildman–Crippen MR) is 104 cm³/mol. The van der Waals surface area contributed by atoms with Gasteiger partial charge in [0, 0.05) is 10.6 Å². The van der Waals surface area contributed by atoms with Gasteiger partial charge in [-0.25, -0.2) is 14.5 Å². The third kappa shape index (κ3) is 4.53. The zero-order valence-corrected chi connectivity index (χ0v) is 15.8. The van der Waals surface area contributed by atoms with Gasteiger partial charge in [0.15, 0.2) is 0 Å². The molecule has 0 unspecified atom stereocenters. The summed E-state index contributed by atoms with van der Waals surface area (Å²) in [4.78, 5) is 12.0. The van der Waals surface area contributed by atoms with Gasteiger partial charge in [-0.3, -0.25) is 4.79 Å². The molecule has 0 saturated heterocycles. The second kappa shape index (κ2) is 8.33. The molecule has 0 atom stereocenters. The number of nitrogens with zero attached hydrogens (tertiary/aromatic N) is 3. The van der Waals surface area contributed by atoms with Crippen molar-refractivity contribution in [2.24, 2.45) is 5.10 Å². The Kier molecular flexibility index (Phi) is 5.88. The lowest BCUT2D eigenvalue weighted by atomic mass is 10.2. The first-order chi connectivity index (χ1) is 13.0. The van der Waals surface area contributed by atoms with E-state index in [1.807, 2.05) is 18.2 Å². The fourth-order valence-electron chi connectivity index (χ4n) is 2.43. The van der Waals surface area contributed by atoms with Crippen molar-refractivity contribution in [3.63, 3.8) is 0 Å². The molecule has 0 aliphatic rings. The minimum absolute atomic E-state index is 0.297. The van der Waals surface area contributed by atoms with E-state index in [9.17, 15) is 9.18 Å². The second-order valence-electron chi connectivity index (χ2n) is 5.74. The molecule has 138 valence electrons. The molecular weight excluding hydrogens is 390 g/mol. The topological polar surface area (TPSA) is 59.3 Å². The molecule has 8 heteroatoms. The molecule has 1 heterocycles. The van der Waals surface area contributed by atoms with Crippen molar-refractivity contribution in [3.8, 4) is 0 Å². The van der Waals surface area contributed by atoms with E-state index in [0.717, 1.165) is 5.56 Å². The summed E-state index contributed by atoms with van der Waals surface area (Å²) < 4.78 is 14.5. The van der Waals surface area contributed by atoms with Gasteiger partial charge in [-0.1, -0.05) is 41.4 Å². The molecular formula is C19H15Cl2FN4O. The number of hydrazone groups is 1. The standard InChI is InChI=1S/C19H15Cl2FN4O/c1-12-16(10-23-24-19(27)13-6-8-15(22)9-7-13)18(21)26(25-12)11-14-4-2-3-5-17(14)20/h2-10H,11H2,1H3,(H,24,27)/b23-10-. The average molecular weight is 405 g/mol. The minimum Gasteiger partial charge on any atom is -0.267 e. The van der Waals surface area contributed by atoms with Crippen LogP contribution < -0.4 is 5.43 Å². The highest BCUT2D eigenvalue weighted by atomic mass is 35.5. The quantitative estimate of drug-likeness (QED) is 0.504. The number of hydrogen-bond donors (Lipinski definition) is 1.